The number of nitriles is 1. The lowest BCUT2D eigenvalue weighted by atomic mass is 9.93. The summed E-state index contributed by atoms with van der Waals surface area (Å²) in [7, 11) is 0. The lowest BCUT2D eigenvalue weighted by Crippen LogP contribution is -2.38. The Morgan fingerprint density at radius 1 is 1.48 bits per heavy atom. The first-order valence-electron chi connectivity index (χ1n) is 7.19. The molecule has 1 aliphatic heterocycles. The second-order valence-electron chi connectivity index (χ2n) is 6.06. The molecule has 2 heterocycles. The molecular weight excluding hydrogens is 318 g/mol. The average Bonchev–Trinajstić information content (AvgIpc) is 2.79. The summed E-state index contributed by atoms with van der Waals surface area (Å²) >= 11 is 1.25. The highest BCUT2D eigenvalue weighted by Gasteiger charge is 2.32. The topological polar surface area (TPSA) is 111 Å². The molecule has 7 nitrogen and oxygen atoms in total. The molecule has 0 bridgehead atoms. The molecular formula is C15H19N3O4S. The monoisotopic (exact) mass is 337 g/mol. The van der Waals surface area contributed by atoms with E-state index < -0.39 is 17.9 Å². The normalized spacial score (nSPS) is 16.8. The van der Waals surface area contributed by atoms with Gasteiger partial charge in [0.05, 0.1) is 23.9 Å². The average molecular weight is 337 g/mol. The minimum absolute atomic E-state index is 0.0136. The number of hydrogen-bond acceptors (Lipinski definition) is 6. The Bertz CT molecular complexity index is 673. The maximum atomic E-state index is 11.9. The zero-order chi connectivity index (χ0) is 17.2. The van der Waals surface area contributed by atoms with E-state index in [1.165, 1.54) is 18.3 Å². The third-order valence-corrected chi connectivity index (χ3v) is 4.51. The molecule has 0 radical (unpaired) electrons. The van der Waals surface area contributed by atoms with Crippen molar-refractivity contribution in [2.24, 2.45) is 0 Å². The van der Waals surface area contributed by atoms with Gasteiger partial charge in [0.2, 0.25) is 0 Å². The molecule has 1 unspecified atom stereocenters. The van der Waals surface area contributed by atoms with Gasteiger partial charge in [-0.05, 0) is 26.3 Å². The third kappa shape index (κ3) is 4.07. The molecule has 0 spiro atoms. The smallest absolute Gasteiger partial charge is 0.314 e. The van der Waals surface area contributed by atoms with E-state index in [0.29, 0.717) is 23.6 Å². The van der Waals surface area contributed by atoms with Gasteiger partial charge in [-0.2, -0.15) is 5.26 Å². The van der Waals surface area contributed by atoms with Crippen LogP contribution >= 0.6 is 11.3 Å². The standard InChI is InChI=1S/C15H19N3O4S/c1-8(19)6-17-12(20)13(21)18-14-10(5-16)9-4-15(2,3)22-7-11(9)23-14/h8,19H,4,6-7H2,1-3H3,(H,17,20)(H,18,21). The number of nitrogens with zero attached hydrogens (tertiary/aromatic N) is 1. The molecule has 3 N–H and O–H groups in total. The van der Waals surface area contributed by atoms with Crippen molar-refractivity contribution in [3.63, 3.8) is 0 Å². The molecule has 1 atom stereocenters. The van der Waals surface area contributed by atoms with Crippen molar-refractivity contribution < 1.29 is 19.4 Å². The number of carbonyl (C=O) groups is 2. The highest BCUT2D eigenvalue weighted by molar-refractivity contribution is 7.16. The molecule has 1 aromatic heterocycles. The van der Waals surface area contributed by atoms with Gasteiger partial charge in [-0.3, -0.25) is 9.59 Å². The van der Waals surface area contributed by atoms with Gasteiger partial charge in [-0.15, -0.1) is 11.3 Å². The Hall–Kier alpha value is -1.95. The van der Waals surface area contributed by atoms with Crippen LogP contribution in [0.5, 0.6) is 0 Å². The molecule has 1 aromatic rings. The zero-order valence-corrected chi connectivity index (χ0v) is 14.0. The number of anilines is 1. The number of aliphatic hydroxyl groups excluding tert-OH is 1. The predicted molar refractivity (Wildman–Crippen MR) is 84.9 cm³/mol. The van der Waals surface area contributed by atoms with E-state index >= 15 is 0 Å². The zero-order valence-electron chi connectivity index (χ0n) is 13.2. The van der Waals surface area contributed by atoms with Crippen LogP contribution in [0.2, 0.25) is 0 Å². The van der Waals surface area contributed by atoms with Gasteiger partial charge < -0.3 is 20.5 Å². The van der Waals surface area contributed by atoms with Crippen molar-refractivity contribution in [3.8, 4) is 6.07 Å². The summed E-state index contributed by atoms with van der Waals surface area (Å²) in [6.07, 6.45) is -0.166. The number of aliphatic hydroxyl groups is 1. The number of nitrogens with one attached hydrogen (secondary N) is 2. The van der Waals surface area contributed by atoms with Gasteiger partial charge in [0.1, 0.15) is 11.1 Å². The van der Waals surface area contributed by atoms with Gasteiger partial charge in [-0.25, -0.2) is 0 Å². The van der Waals surface area contributed by atoms with Gasteiger partial charge >= 0.3 is 11.8 Å². The van der Waals surface area contributed by atoms with Crippen LogP contribution in [-0.2, 0) is 27.4 Å². The van der Waals surface area contributed by atoms with Crippen LogP contribution in [-0.4, -0.2) is 35.2 Å². The van der Waals surface area contributed by atoms with Crippen LogP contribution in [0.25, 0.3) is 0 Å². The van der Waals surface area contributed by atoms with Gasteiger partial charge in [0.25, 0.3) is 0 Å². The maximum absolute atomic E-state index is 11.9. The van der Waals surface area contributed by atoms with Crippen LogP contribution < -0.4 is 10.6 Å². The number of fused-ring (bicyclic) bond motifs is 1. The Morgan fingerprint density at radius 3 is 2.78 bits per heavy atom. The molecule has 8 heteroatoms. The van der Waals surface area contributed by atoms with E-state index in [1.807, 2.05) is 13.8 Å². The predicted octanol–water partition coefficient (Wildman–Crippen LogP) is 0.907. The number of thiophene rings is 1. The fourth-order valence-corrected chi connectivity index (χ4v) is 3.32. The quantitative estimate of drug-likeness (QED) is 0.710. The second kappa shape index (κ2) is 6.66. The van der Waals surface area contributed by atoms with Crippen molar-refractivity contribution in [2.45, 2.75) is 45.5 Å². The number of ether oxygens (including phenoxy) is 1. The molecule has 23 heavy (non-hydrogen) atoms. The Morgan fingerprint density at radius 2 is 2.17 bits per heavy atom. The molecule has 0 saturated carbocycles. The van der Waals surface area contributed by atoms with Gasteiger partial charge in [0.15, 0.2) is 0 Å². The van der Waals surface area contributed by atoms with Crippen LogP contribution in [0.4, 0.5) is 5.00 Å². The summed E-state index contributed by atoms with van der Waals surface area (Å²) in [6.45, 7) is 5.75. The minimum atomic E-state index is -0.860. The number of rotatable bonds is 3. The molecule has 0 aliphatic carbocycles. The number of hydrogen-bond donors (Lipinski definition) is 3. The highest BCUT2D eigenvalue weighted by atomic mass is 32.1. The number of amides is 2. The highest BCUT2D eigenvalue weighted by Crippen LogP contribution is 2.39. The Labute approximate surface area is 138 Å². The van der Waals surface area contributed by atoms with E-state index in [9.17, 15) is 14.9 Å². The summed E-state index contributed by atoms with van der Waals surface area (Å²) in [5, 5.41) is 23.7. The summed E-state index contributed by atoms with van der Waals surface area (Å²) in [6, 6.07) is 2.10. The molecule has 2 rings (SSSR count). The Kier molecular flexibility index (Phi) is 5.04. The van der Waals surface area contributed by atoms with E-state index in [0.717, 1.165) is 10.4 Å². The van der Waals surface area contributed by atoms with E-state index in [-0.39, 0.29) is 12.1 Å². The summed E-state index contributed by atoms with van der Waals surface area (Å²) in [5.41, 5.74) is 0.891. The van der Waals surface area contributed by atoms with Crippen molar-refractivity contribution in [3.05, 3.63) is 16.0 Å². The Balaban J connectivity index is 2.15. The molecule has 0 saturated heterocycles. The van der Waals surface area contributed by atoms with Crippen molar-refractivity contribution in [2.75, 3.05) is 11.9 Å². The first-order valence-corrected chi connectivity index (χ1v) is 8.01. The van der Waals surface area contributed by atoms with Crippen LogP contribution in [0.1, 0.15) is 36.8 Å². The van der Waals surface area contributed by atoms with E-state index in [4.69, 9.17) is 9.84 Å². The molecule has 124 valence electrons. The largest absolute Gasteiger partial charge is 0.392 e. The molecule has 2 amide bonds. The minimum Gasteiger partial charge on any atom is -0.392 e. The molecule has 1 aliphatic rings. The SMILES string of the molecule is CC(O)CNC(=O)C(=O)Nc1sc2c(c1C#N)CC(C)(C)OC2. The van der Waals surface area contributed by atoms with Crippen LogP contribution in [0.3, 0.4) is 0 Å². The van der Waals surface area contributed by atoms with Gasteiger partial charge in [-0.1, -0.05) is 0 Å². The van der Waals surface area contributed by atoms with Crippen molar-refractivity contribution in [1.29, 1.82) is 5.26 Å². The first-order chi connectivity index (χ1) is 10.7. The van der Waals surface area contributed by atoms with Crippen LogP contribution in [0, 0.1) is 11.3 Å². The van der Waals surface area contributed by atoms with Gasteiger partial charge in [0, 0.05) is 17.8 Å². The fourth-order valence-electron chi connectivity index (χ4n) is 2.24. The van der Waals surface area contributed by atoms with Crippen molar-refractivity contribution in [1.82, 2.24) is 5.32 Å². The maximum Gasteiger partial charge on any atom is 0.314 e. The fraction of sp³-hybridized carbons (Fsp3) is 0.533. The molecule has 0 aromatic carbocycles. The van der Waals surface area contributed by atoms with Crippen LogP contribution in [0.15, 0.2) is 0 Å². The number of carbonyl (C=O) groups excluding carboxylic acids is 2. The molecule has 0 fully saturated rings. The summed E-state index contributed by atoms with van der Waals surface area (Å²) < 4.78 is 5.70. The second-order valence-corrected chi connectivity index (χ2v) is 7.16. The first kappa shape index (κ1) is 17.4. The summed E-state index contributed by atoms with van der Waals surface area (Å²) in [4.78, 5) is 24.4. The van der Waals surface area contributed by atoms with E-state index in [1.54, 1.807) is 0 Å². The third-order valence-electron chi connectivity index (χ3n) is 3.39. The summed E-state index contributed by atoms with van der Waals surface area (Å²) in [5.74, 6) is -1.71. The lowest BCUT2D eigenvalue weighted by Gasteiger charge is -2.29. The lowest BCUT2D eigenvalue weighted by molar-refractivity contribution is -0.136. The van der Waals surface area contributed by atoms with E-state index in [2.05, 4.69) is 16.7 Å². The van der Waals surface area contributed by atoms with Crippen molar-refractivity contribution >= 4 is 28.2 Å².